The molecule has 0 saturated heterocycles. The molecule has 0 spiro atoms. The van der Waals surface area contributed by atoms with E-state index in [1.165, 1.54) is 12.8 Å². The predicted molar refractivity (Wildman–Crippen MR) is 103 cm³/mol. The number of allylic oxidation sites excluding steroid dienone is 1. The van der Waals surface area contributed by atoms with Gasteiger partial charge in [-0.25, -0.2) is 0 Å². The van der Waals surface area contributed by atoms with E-state index in [4.69, 9.17) is 9.84 Å². The van der Waals surface area contributed by atoms with Gasteiger partial charge in [-0.1, -0.05) is 57.3 Å². The number of hydrogen-bond donors (Lipinski definition) is 3. The molecule has 0 radical (unpaired) electrons. The van der Waals surface area contributed by atoms with Crippen molar-refractivity contribution in [2.75, 3.05) is 7.11 Å². The van der Waals surface area contributed by atoms with Gasteiger partial charge in [-0.05, 0) is 31.6 Å². The smallest absolute Gasteiger partial charge is 0.0752 e. The summed E-state index contributed by atoms with van der Waals surface area (Å²) in [6.45, 7) is 2.19. The molecule has 1 rings (SSSR count). The van der Waals surface area contributed by atoms with Crippen LogP contribution in [0.2, 0.25) is 0 Å². The Labute approximate surface area is 153 Å². The fourth-order valence-electron chi connectivity index (χ4n) is 3.81. The molecular formula is C21H38O4. The van der Waals surface area contributed by atoms with Gasteiger partial charge in [0, 0.05) is 19.4 Å². The van der Waals surface area contributed by atoms with E-state index in [0.717, 1.165) is 51.2 Å². The maximum Gasteiger partial charge on any atom is 0.0752 e. The van der Waals surface area contributed by atoms with Gasteiger partial charge < -0.3 is 20.1 Å². The average Bonchev–Trinajstić information content (AvgIpc) is 2.87. The summed E-state index contributed by atoms with van der Waals surface area (Å²) in [4.78, 5) is 0. The summed E-state index contributed by atoms with van der Waals surface area (Å²) in [6.07, 6.45) is 16.3. The minimum Gasteiger partial charge on any atom is -0.516 e. The number of methoxy groups -OCH3 is 1. The number of ether oxygens (including phenoxy) is 1. The summed E-state index contributed by atoms with van der Waals surface area (Å²) in [5.74, 6) is 0.156. The van der Waals surface area contributed by atoms with Crippen molar-refractivity contribution >= 4 is 0 Å². The van der Waals surface area contributed by atoms with Gasteiger partial charge in [0.05, 0.1) is 24.6 Å². The second-order valence-corrected chi connectivity index (χ2v) is 7.29. The maximum atomic E-state index is 10.3. The van der Waals surface area contributed by atoms with Gasteiger partial charge in [0.1, 0.15) is 0 Å². The van der Waals surface area contributed by atoms with Gasteiger partial charge >= 0.3 is 0 Å². The number of unbranched alkanes of at least 4 members (excludes halogenated alkanes) is 5. The number of aliphatic hydroxyl groups excluding tert-OH is 3. The van der Waals surface area contributed by atoms with Crippen LogP contribution >= 0.6 is 0 Å². The predicted octanol–water partition coefficient (Wildman–Crippen LogP) is 4.52. The first kappa shape index (κ1) is 22.2. The summed E-state index contributed by atoms with van der Waals surface area (Å²) in [6, 6.07) is 0. The monoisotopic (exact) mass is 354 g/mol. The lowest BCUT2D eigenvalue weighted by atomic mass is 9.88. The van der Waals surface area contributed by atoms with Crippen LogP contribution in [-0.4, -0.2) is 40.7 Å². The molecule has 0 aliphatic heterocycles. The van der Waals surface area contributed by atoms with Crippen LogP contribution in [-0.2, 0) is 4.74 Å². The van der Waals surface area contributed by atoms with E-state index < -0.39 is 12.2 Å². The first-order valence-corrected chi connectivity index (χ1v) is 10.0. The molecule has 1 aliphatic rings. The highest BCUT2D eigenvalue weighted by Gasteiger charge is 2.39. The zero-order chi connectivity index (χ0) is 18.5. The van der Waals surface area contributed by atoms with Crippen LogP contribution in [0.3, 0.4) is 0 Å². The molecule has 1 fully saturated rings. The van der Waals surface area contributed by atoms with E-state index in [0.29, 0.717) is 6.42 Å². The minimum absolute atomic E-state index is 0.0242. The van der Waals surface area contributed by atoms with Crippen molar-refractivity contribution in [1.29, 1.82) is 0 Å². The van der Waals surface area contributed by atoms with Gasteiger partial charge in [0.15, 0.2) is 0 Å². The Morgan fingerprint density at radius 2 is 1.88 bits per heavy atom. The summed E-state index contributed by atoms with van der Waals surface area (Å²) in [5, 5.41) is 29.2. The first-order chi connectivity index (χ1) is 12.1. The Morgan fingerprint density at radius 3 is 2.56 bits per heavy atom. The standard InChI is InChI=1S/C21H38O4/c1-3-4-8-11-17(25-2)13-14-19-18(20(23)16-21(19)24)12-9-6-5-7-10-15-22/h10,13-15,17-24H,3-9,11-12,16H2,1-2H3/b14-13+,15-10?. The molecule has 0 amide bonds. The molecule has 0 aromatic carbocycles. The van der Waals surface area contributed by atoms with Crippen molar-refractivity contribution in [3.05, 3.63) is 24.5 Å². The molecule has 1 saturated carbocycles. The summed E-state index contributed by atoms with van der Waals surface area (Å²) >= 11 is 0. The zero-order valence-corrected chi connectivity index (χ0v) is 16.0. The molecule has 25 heavy (non-hydrogen) atoms. The first-order valence-electron chi connectivity index (χ1n) is 10.0. The largest absolute Gasteiger partial charge is 0.516 e. The van der Waals surface area contributed by atoms with Gasteiger partial charge in [-0.15, -0.1) is 0 Å². The number of rotatable bonds is 13. The van der Waals surface area contributed by atoms with E-state index in [1.807, 2.05) is 0 Å². The lowest BCUT2D eigenvalue weighted by Crippen LogP contribution is -2.21. The summed E-state index contributed by atoms with van der Waals surface area (Å²) in [5.41, 5.74) is 0. The maximum absolute atomic E-state index is 10.3. The van der Waals surface area contributed by atoms with Crippen LogP contribution in [0.4, 0.5) is 0 Å². The molecule has 3 N–H and O–H groups in total. The number of hydrogen-bond acceptors (Lipinski definition) is 4. The Balaban J connectivity index is 2.48. The highest BCUT2D eigenvalue weighted by Crippen LogP contribution is 2.37. The lowest BCUT2D eigenvalue weighted by molar-refractivity contribution is 0.114. The minimum atomic E-state index is -0.457. The highest BCUT2D eigenvalue weighted by molar-refractivity contribution is 5.04. The molecule has 1 aliphatic carbocycles. The molecule has 0 aromatic rings. The lowest BCUT2D eigenvalue weighted by Gasteiger charge is -2.21. The van der Waals surface area contributed by atoms with Crippen LogP contribution in [0.25, 0.3) is 0 Å². The number of aliphatic hydroxyl groups is 3. The van der Waals surface area contributed by atoms with E-state index in [9.17, 15) is 10.2 Å². The van der Waals surface area contributed by atoms with E-state index >= 15 is 0 Å². The van der Waals surface area contributed by atoms with Crippen molar-refractivity contribution in [3.8, 4) is 0 Å². The third-order valence-corrected chi connectivity index (χ3v) is 5.37. The molecule has 0 aromatic heterocycles. The van der Waals surface area contributed by atoms with Gasteiger partial charge in [-0.3, -0.25) is 0 Å². The molecule has 5 atom stereocenters. The van der Waals surface area contributed by atoms with Crippen LogP contribution in [0.15, 0.2) is 24.5 Å². The Hall–Kier alpha value is -0.840. The van der Waals surface area contributed by atoms with Gasteiger partial charge in [0.2, 0.25) is 0 Å². The third-order valence-electron chi connectivity index (χ3n) is 5.37. The molecular weight excluding hydrogens is 316 g/mol. The topological polar surface area (TPSA) is 69.9 Å². The highest BCUT2D eigenvalue weighted by atomic mass is 16.5. The fourth-order valence-corrected chi connectivity index (χ4v) is 3.81. The normalized spacial score (nSPS) is 28.3. The van der Waals surface area contributed by atoms with Crippen molar-refractivity contribution in [1.82, 2.24) is 0 Å². The molecule has 4 nitrogen and oxygen atoms in total. The summed E-state index contributed by atoms with van der Waals surface area (Å²) < 4.78 is 5.53. The molecule has 146 valence electrons. The van der Waals surface area contributed by atoms with E-state index in [-0.39, 0.29) is 17.9 Å². The quantitative estimate of drug-likeness (QED) is 0.258. The van der Waals surface area contributed by atoms with Crippen molar-refractivity contribution in [2.45, 2.75) is 89.4 Å². The van der Waals surface area contributed by atoms with Crippen LogP contribution in [0.5, 0.6) is 0 Å². The third kappa shape index (κ3) is 8.39. The average molecular weight is 355 g/mol. The SMILES string of the molecule is CCCCCC(/C=C/C1C(O)CC(O)C1CCCCCC=CO)OC. The second kappa shape index (κ2) is 13.4. The summed E-state index contributed by atoms with van der Waals surface area (Å²) in [7, 11) is 1.74. The van der Waals surface area contributed by atoms with Crippen molar-refractivity contribution < 1.29 is 20.1 Å². The van der Waals surface area contributed by atoms with Crippen molar-refractivity contribution in [2.24, 2.45) is 11.8 Å². The molecule has 5 unspecified atom stereocenters. The van der Waals surface area contributed by atoms with Crippen molar-refractivity contribution in [3.63, 3.8) is 0 Å². The van der Waals surface area contributed by atoms with Gasteiger partial charge in [0.25, 0.3) is 0 Å². The Kier molecular flexibility index (Phi) is 11.9. The Morgan fingerprint density at radius 1 is 1.08 bits per heavy atom. The van der Waals surface area contributed by atoms with Crippen LogP contribution < -0.4 is 0 Å². The van der Waals surface area contributed by atoms with E-state index in [1.54, 1.807) is 13.2 Å². The Bertz CT molecular complexity index is 380. The van der Waals surface area contributed by atoms with Crippen LogP contribution in [0.1, 0.15) is 71.1 Å². The van der Waals surface area contributed by atoms with Gasteiger partial charge in [-0.2, -0.15) is 0 Å². The fraction of sp³-hybridized carbons (Fsp3) is 0.810. The molecule has 4 heteroatoms. The second-order valence-electron chi connectivity index (χ2n) is 7.29. The molecule has 0 heterocycles. The van der Waals surface area contributed by atoms with Crippen LogP contribution in [0, 0.1) is 11.8 Å². The zero-order valence-electron chi connectivity index (χ0n) is 16.0. The van der Waals surface area contributed by atoms with E-state index in [2.05, 4.69) is 19.1 Å². The molecule has 0 bridgehead atoms.